The fraction of sp³-hybridized carbons (Fsp3) is 0.176. The third-order valence-corrected chi connectivity index (χ3v) is 3.87. The highest BCUT2D eigenvalue weighted by Gasteiger charge is 2.13. The summed E-state index contributed by atoms with van der Waals surface area (Å²) in [4.78, 5) is 4.52. The van der Waals surface area contributed by atoms with Crippen molar-refractivity contribution in [2.75, 3.05) is 6.67 Å². The molecule has 0 fully saturated rings. The van der Waals surface area contributed by atoms with Crippen molar-refractivity contribution >= 4 is 23.2 Å². The molecule has 0 saturated carbocycles. The minimum atomic E-state index is 0.784. The molecule has 0 unspecified atom stereocenters. The first kappa shape index (κ1) is 14.3. The molecule has 0 spiro atoms. The maximum absolute atomic E-state index is 6.02. The van der Waals surface area contributed by atoms with Crippen LogP contribution >= 0.6 is 23.2 Å². The van der Waals surface area contributed by atoms with Gasteiger partial charge in [0.1, 0.15) is 0 Å². The topological polar surface area (TPSA) is 6.48 Å². The Morgan fingerprint density at radius 3 is 1.67 bits per heavy atom. The highest BCUT2D eigenvalue weighted by molar-refractivity contribution is 6.30. The molecule has 0 aliphatic carbocycles. The van der Waals surface area contributed by atoms with Crippen molar-refractivity contribution in [3.63, 3.8) is 0 Å². The van der Waals surface area contributed by atoms with E-state index in [1.807, 2.05) is 36.4 Å². The Kier molecular flexibility index (Phi) is 4.37. The molecule has 0 bridgehead atoms. The Morgan fingerprint density at radius 2 is 1.24 bits per heavy atom. The Balaban J connectivity index is 1.57. The normalized spacial score (nSPS) is 14.0. The average Bonchev–Trinajstić information content (AvgIpc) is 2.86. The summed E-state index contributed by atoms with van der Waals surface area (Å²) < 4.78 is 0. The SMILES string of the molecule is Clc1cccc(CN2C=CN(Cc3cccc(Cl)c3)C2)c1. The standard InChI is InChI=1S/C17H16Cl2N2/c18-16-5-1-3-14(9-16)11-20-7-8-21(13-20)12-15-4-2-6-17(19)10-15/h1-10H,11-13H2. The molecule has 2 aromatic rings. The van der Waals surface area contributed by atoms with Gasteiger partial charge in [-0.05, 0) is 35.4 Å². The number of halogens is 2. The molecule has 2 nitrogen and oxygen atoms in total. The van der Waals surface area contributed by atoms with E-state index in [9.17, 15) is 0 Å². The van der Waals surface area contributed by atoms with Gasteiger partial charge in [-0.3, -0.25) is 0 Å². The first-order valence-electron chi connectivity index (χ1n) is 6.84. The van der Waals surface area contributed by atoms with Gasteiger partial charge in [-0.2, -0.15) is 0 Å². The lowest BCUT2D eigenvalue weighted by atomic mass is 10.2. The summed E-state index contributed by atoms with van der Waals surface area (Å²) in [5, 5.41) is 1.57. The highest BCUT2D eigenvalue weighted by atomic mass is 35.5. The quantitative estimate of drug-likeness (QED) is 0.803. The van der Waals surface area contributed by atoms with Crippen LogP contribution in [0.2, 0.25) is 10.0 Å². The van der Waals surface area contributed by atoms with Gasteiger partial charge < -0.3 is 9.80 Å². The van der Waals surface area contributed by atoms with Gasteiger partial charge >= 0.3 is 0 Å². The van der Waals surface area contributed by atoms with E-state index in [2.05, 4.69) is 34.3 Å². The lowest BCUT2D eigenvalue weighted by Gasteiger charge is -2.21. The number of hydrogen-bond acceptors (Lipinski definition) is 2. The Labute approximate surface area is 135 Å². The summed E-state index contributed by atoms with van der Waals surface area (Å²) in [5.41, 5.74) is 2.44. The second-order valence-electron chi connectivity index (χ2n) is 5.19. The van der Waals surface area contributed by atoms with Gasteiger partial charge in [0.25, 0.3) is 0 Å². The van der Waals surface area contributed by atoms with Crippen molar-refractivity contribution in [2.24, 2.45) is 0 Å². The van der Waals surface area contributed by atoms with Crippen LogP contribution in [-0.2, 0) is 13.1 Å². The highest BCUT2D eigenvalue weighted by Crippen LogP contribution is 2.18. The summed E-state index contributed by atoms with van der Waals surface area (Å²) in [6.45, 7) is 2.60. The molecule has 21 heavy (non-hydrogen) atoms. The van der Waals surface area contributed by atoms with Gasteiger partial charge in [-0.25, -0.2) is 0 Å². The smallest absolute Gasteiger partial charge is 0.0900 e. The van der Waals surface area contributed by atoms with Gasteiger partial charge in [0.05, 0.1) is 6.67 Å². The van der Waals surface area contributed by atoms with Crippen molar-refractivity contribution in [3.8, 4) is 0 Å². The number of benzene rings is 2. The van der Waals surface area contributed by atoms with Crippen LogP contribution in [0.1, 0.15) is 11.1 Å². The van der Waals surface area contributed by atoms with Crippen molar-refractivity contribution in [3.05, 3.63) is 82.1 Å². The van der Waals surface area contributed by atoms with E-state index in [-0.39, 0.29) is 0 Å². The van der Waals surface area contributed by atoms with Gasteiger partial charge in [0.15, 0.2) is 0 Å². The zero-order chi connectivity index (χ0) is 14.7. The van der Waals surface area contributed by atoms with Crippen LogP contribution in [0.25, 0.3) is 0 Å². The van der Waals surface area contributed by atoms with Crippen molar-refractivity contribution in [1.29, 1.82) is 0 Å². The molecule has 0 radical (unpaired) electrons. The van der Waals surface area contributed by atoms with E-state index in [4.69, 9.17) is 23.2 Å². The summed E-state index contributed by atoms with van der Waals surface area (Å²) in [7, 11) is 0. The molecular formula is C17H16Cl2N2. The van der Waals surface area contributed by atoms with E-state index in [0.717, 1.165) is 29.8 Å². The summed E-state index contributed by atoms with van der Waals surface area (Å²) in [5.74, 6) is 0. The van der Waals surface area contributed by atoms with Crippen molar-refractivity contribution in [2.45, 2.75) is 13.1 Å². The third kappa shape index (κ3) is 3.93. The Bertz CT molecular complexity index is 599. The minimum Gasteiger partial charge on any atom is -0.354 e. The molecule has 4 heteroatoms. The van der Waals surface area contributed by atoms with Gasteiger partial charge in [-0.15, -0.1) is 0 Å². The van der Waals surface area contributed by atoms with Crippen LogP contribution in [0.4, 0.5) is 0 Å². The van der Waals surface area contributed by atoms with Crippen molar-refractivity contribution < 1.29 is 0 Å². The number of nitrogens with zero attached hydrogens (tertiary/aromatic N) is 2. The van der Waals surface area contributed by atoms with E-state index in [0.29, 0.717) is 0 Å². The lowest BCUT2D eigenvalue weighted by Crippen LogP contribution is -2.24. The van der Waals surface area contributed by atoms with Gasteiger partial charge in [0, 0.05) is 35.5 Å². The molecule has 0 atom stereocenters. The Hall–Kier alpha value is -1.64. The molecule has 1 aliphatic heterocycles. The largest absolute Gasteiger partial charge is 0.354 e. The molecule has 0 amide bonds. The summed E-state index contributed by atoms with van der Waals surface area (Å²) >= 11 is 12.0. The summed E-state index contributed by atoms with van der Waals surface area (Å²) in [6.07, 6.45) is 4.23. The maximum atomic E-state index is 6.02. The van der Waals surface area contributed by atoms with Gasteiger partial charge in [-0.1, -0.05) is 47.5 Å². The summed E-state index contributed by atoms with van der Waals surface area (Å²) in [6, 6.07) is 16.0. The zero-order valence-corrected chi connectivity index (χ0v) is 13.1. The van der Waals surface area contributed by atoms with Crippen LogP contribution < -0.4 is 0 Å². The predicted octanol–water partition coefficient (Wildman–Crippen LogP) is 4.74. The van der Waals surface area contributed by atoms with Crippen LogP contribution in [-0.4, -0.2) is 16.5 Å². The molecular weight excluding hydrogens is 303 g/mol. The maximum Gasteiger partial charge on any atom is 0.0900 e. The van der Waals surface area contributed by atoms with Gasteiger partial charge in [0.2, 0.25) is 0 Å². The zero-order valence-electron chi connectivity index (χ0n) is 11.5. The molecule has 3 rings (SSSR count). The van der Waals surface area contributed by atoms with Crippen LogP contribution in [0, 0.1) is 0 Å². The van der Waals surface area contributed by atoms with E-state index in [1.54, 1.807) is 0 Å². The third-order valence-electron chi connectivity index (χ3n) is 3.40. The fourth-order valence-corrected chi connectivity index (χ4v) is 2.89. The molecule has 0 aromatic heterocycles. The van der Waals surface area contributed by atoms with E-state index < -0.39 is 0 Å². The molecule has 1 aliphatic rings. The minimum absolute atomic E-state index is 0.784. The first-order chi connectivity index (χ1) is 10.2. The van der Waals surface area contributed by atoms with Crippen molar-refractivity contribution in [1.82, 2.24) is 9.80 Å². The first-order valence-corrected chi connectivity index (χ1v) is 7.60. The second-order valence-corrected chi connectivity index (χ2v) is 6.07. The lowest BCUT2D eigenvalue weighted by molar-refractivity contribution is 0.255. The van der Waals surface area contributed by atoms with E-state index >= 15 is 0 Å². The predicted molar refractivity (Wildman–Crippen MR) is 88.0 cm³/mol. The Morgan fingerprint density at radius 1 is 0.762 bits per heavy atom. The fourth-order valence-electron chi connectivity index (χ4n) is 2.46. The van der Waals surface area contributed by atoms with Crippen LogP contribution in [0.15, 0.2) is 60.9 Å². The van der Waals surface area contributed by atoms with Crippen LogP contribution in [0.5, 0.6) is 0 Å². The molecule has 0 N–H and O–H groups in total. The monoisotopic (exact) mass is 318 g/mol. The number of rotatable bonds is 4. The number of hydrogen-bond donors (Lipinski definition) is 0. The molecule has 0 saturated heterocycles. The molecule has 1 heterocycles. The molecule has 108 valence electrons. The molecule has 2 aromatic carbocycles. The van der Waals surface area contributed by atoms with E-state index in [1.165, 1.54) is 11.1 Å². The second kappa shape index (κ2) is 6.42. The van der Waals surface area contributed by atoms with Crippen LogP contribution in [0.3, 0.4) is 0 Å². The average molecular weight is 319 g/mol.